The molecule has 15 heavy (non-hydrogen) atoms. The van der Waals surface area contributed by atoms with Gasteiger partial charge in [-0.25, -0.2) is 0 Å². The van der Waals surface area contributed by atoms with E-state index in [2.05, 4.69) is 5.32 Å². The lowest BCUT2D eigenvalue weighted by atomic mass is 10.1. The summed E-state index contributed by atoms with van der Waals surface area (Å²) in [6.45, 7) is 1.71. The molecule has 0 saturated carbocycles. The maximum atomic E-state index is 11.4. The first-order chi connectivity index (χ1) is 7.16. The van der Waals surface area contributed by atoms with E-state index in [4.69, 9.17) is 0 Å². The molecule has 2 saturated heterocycles. The first-order valence-corrected chi connectivity index (χ1v) is 5.53. The maximum absolute atomic E-state index is 11.4. The Morgan fingerprint density at radius 3 is 2.60 bits per heavy atom. The summed E-state index contributed by atoms with van der Waals surface area (Å²) in [6.07, 6.45) is 1.10. The second-order valence-corrected chi connectivity index (χ2v) is 4.44. The van der Waals surface area contributed by atoms with Crippen molar-refractivity contribution >= 4 is 5.91 Å². The predicted molar refractivity (Wildman–Crippen MR) is 54.2 cm³/mol. The zero-order chi connectivity index (χ0) is 10.8. The molecule has 2 rings (SSSR count). The molecular weight excluding hydrogens is 196 g/mol. The van der Waals surface area contributed by atoms with Crippen LogP contribution in [0, 0.1) is 0 Å². The van der Waals surface area contributed by atoms with Gasteiger partial charge in [-0.05, 0) is 12.8 Å². The molecule has 0 spiro atoms. The Morgan fingerprint density at radius 1 is 1.27 bits per heavy atom. The topological polar surface area (TPSA) is 72.8 Å². The number of carbonyl (C=O) groups excluding carboxylic acids is 1. The van der Waals surface area contributed by atoms with Gasteiger partial charge in [0.2, 0.25) is 5.91 Å². The van der Waals surface area contributed by atoms with E-state index in [1.54, 1.807) is 0 Å². The van der Waals surface area contributed by atoms with Crippen molar-refractivity contribution < 1.29 is 15.0 Å². The van der Waals surface area contributed by atoms with Gasteiger partial charge in [0, 0.05) is 32.1 Å². The molecule has 86 valence electrons. The number of aliphatic hydroxyl groups excluding tert-OH is 2. The van der Waals surface area contributed by atoms with Gasteiger partial charge in [0.25, 0.3) is 0 Å². The van der Waals surface area contributed by atoms with Crippen molar-refractivity contribution in [2.45, 2.75) is 37.5 Å². The molecule has 0 radical (unpaired) electrons. The van der Waals surface area contributed by atoms with Crippen LogP contribution in [0.5, 0.6) is 0 Å². The van der Waals surface area contributed by atoms with Gasteiger partial charge in [-0.1, -0.05) is 0 Å². The van der Waals surface area contributed by atoms with Gasteiger partial charge in [0.1, 0.15) is 0 Å². The highest BCUT2D eigenvalue weighted by molar-refractivity contribution is 5.76. The molecule has 0 aliphatic carbocycles. The molecule has 0 aromatic heterocycles. The SMILES string of the molecule is O=C1CC(N2CC(O)C(O)C2)CCCN1. The quantitative estimate of drug-likeness (QED) is 0.507. The van der Waals surface area contributed by atoms with Gasteiger partial charge in [-0.3, -0.25) is 9.69 Å². The molecule has 3 N–H and O–H groups in total. The van der Waals surface area contributed by atoms with Crippen LogP contribution in [0.2, 0.25) is 0 Å². The fourth-order valence-electron chi connectivity index (χ4n) is 2.36. The van der Waals surface area contributed by atoms with E-state index in [1.165, 1.54) is 0 Å². The first kappa shape index (κ1) is 10.9. The number of hydrogen-bond acceptors (Lipinski definition) is 4. The summed E-state index contributed by atoms with van der Waals surface area (Å²) in [4.78, 5) is 13.4. The molecule has 5 nitrogen and oxygen atoms in total. The molecule has 0 aromatic rings. The van der Waals surface area contributed by atoms with E-state index in [-0.39, 0.29) is 11.9 Å². The zero-order valence-electron chi connectivity index (χ0n) is 8.72. The van der Waals surface area contributed by atoms with Crippen molar-refractivity contribution in [3.8, 4) is 0 Å². The Hall–Kier alpha value is -0.650. The van der Waals surface area contributed by atoms with Crippen molar-refractivity contribution in [2.75, 3.05) is 19.6 Å². The number of carbonyl (C=O) groups is 1. The first-order valence-electron chi connectivity index (χ1n) is 5.53. The van der Waals surface area contributed by atoms with E-state index in [1.807, 2.05) is 4.90 Å². The Labute approximate surface area is 89.1 Å². The summed E-state index contributed by atoms with van der Waals surface area (Å²) >= 11 is 0. The standard InChI is InChI=1S/C10H18N2O3/c13-8-5-12(6-9(8)14)7-2-1-3-11-10(15)4-7/h7-9,13-14H,1-6H2,(H,11,15). The number of aliphatic hydroxyl groups is 2. The Bertz CT molecular complexity index is 237. The van der Waals surface area contributed by atoms with Crippen molar-refractivity contribution in [1.82, 2.24) is 10.2 Å². The monoisotopic (exact) mass is 214 g/mol. The molecule has 1 amide bonds. The minimum atomic E-state index is -0.656. The fourth-order valence-corrected chi connectivity index (χ4v) is 2.36. The minimum Gasteiger partial charge on any atom is -0.389 e. The molecule has 2 fully saturated rings. The summed E-state index contributed by atoms with van der Waals surface area (Å²) < 4.78 is 0. The number of nitrogens with one attached hydrogen (secondary N) is 1. The van der Waals surface area contributed by atoms with E-state index in [0.717, 1.165) is 19.4 Å². The summed E-state index contributed by atoms with van der Waals surface area (Å²) in [5, 5.41) is 21.7. The Balaban J connectivity index is 1.94. The van der Waals surface area contributed by atoms with E-state index >= 15 is 0 Å². The second kappa shape index (κ2) is 4.47. The average molecular weight is 214 g/mol. The molecule has 3 atom stereocenters. The molecule has 0 aromatic carbocycles. The second-order valence-electron chi connectivity index (χ2n) is 4.44. The summed E-state index contributed by atoms with van der Waals surface area (Å²) in [5.74, 6) is 0.0772. The van der Waals surface area contributed by atoms with Crippen LogP contribution in [-0.2, 0) is 4.79 Å². The molecule has 5 heteroatoms. The van der Waals surface area contributed by atoms with Gasteiger partial charge in [-0.2, -0.15) is 0 Å². The number of hydrogen-bond donors (Lipinski definition) is 3. The van der Waals surface area contributed by atoms with Crippen LogP contribution < -0.4 is 5.32 Å². The fraction of sp³-hybridized carbons (Fsp3) is 0.900. The number of β-amino-alcohol motifs (C(OH)–C–C–N with tert-alkyl or cyclic N) is 2. The van der Waals surface area contributed by atoms with Crippen LogP contribution in [-0.4, -0.2) is 58.9 Å². The molecule has 2 heterocycles. The molecule has 2 aliphatic rings. The van der Waals surface area contributed by atoms with E-state index in [0.29, 0.717) is 19.5 Å². The lowest BCUT2D eigenvalue weighted by Gasteiger charge is -2.25. The van der Waals surface area contributed by atoms with Gasteiger partial charge >= 0.3 is 0 Å². The van der Waals surface area contributed by atoms with Crippen molar-refractivity contribution in [2.24, 2.45) is 0 Å². The van der Waals surface area contributed by atoms with Crippen molar-refractivity contribution in [1.29, 1.82) is 0 Å². The van der Waals surface area contributed by atoms with Gasteiger partial charge in [0.15, 0.2) is 0 Å². The lowest BCUT2D eigenvalue weighted by Crippen LogP contribution is -2.36. The van der Waals surface area contributed by atoms with Crippen LogP contribution in [0.4, 0.5) is 0 Å². The minimum absolute atomic E-state index is 0.0772. The number of rotatable bonds is 1. The Kier molecular flexibility index (Phi) is 3.23. The lowest BCUT2D eigenvalue weighted by molar-refractivity contribution is -0.121. The maximum Gasteiger partial charge on any atom is 0.221 e. The van der Waals surface area contributed by atoms with Crippen molar-refractivity contribution in [3.63, 3.8) is 0 Å². The number of likely N-dealkylation sites (tertiary alicyclic amines) is 1. The predicted octanol–water partition coefficient (Wildman–Crippen LogP) is -1.31. The molecule has 3 unspecified atom stereocenters. The van der Waals surface area contributed by atoms with Gasteiger partial charge in [-0.15, -0.1) is 0 Å². The zero-order valence-corrected chi connectivity index (χ0v) is 8.72. The third kappa shape index (κ3) is 2.48. The molecule has 0 bridgehead atoms. The van der Waals surface area contributed by atoms with E-state index in [9.17, 15) is 15.0 Å². The third-order valence-electron chi connectivity index (χ3n) is 3.26. The van der Waals surface area contributed by atoms with Crippen LogP contribution in [0.1, 0.15) is 19.3 Å². The highest BCUT2D eigenvalue weighted by atomic mass is 16.3. The van der Waals surface area contributed by atoms with Crippen LogP contribution in [0.3, 0.4) is 0 Å². The third-order valence-corrected chi connectivity index (χ3v) is 3.26. The van der Waals surface area contributed by atoms with E-state index < -0.39 is 12.2 Å². The van der Waals surface area contributed by atoms with Crippen LogP contribution in [0.25, 0.3) is 0 Å². The van der Waals surface area contributed by atoms with Crippen molar-refractivity contribution in [3.05, 3.63) is 0 Å². The highest BCUT2D eigenvalue weighted by Gasteiger charge is 2.34. The molecule has 2 aliphatic heterocycles. The number of nitrogens with zero attached hydrogens (tertiary/aromatic N) is 1. The van der Waals surface area contributed by atoms with Crippen LogP contribution >= 0.6 is 0 Å². The highest BCUT2D eigenvalue weighted by Crippen LogP contribution is 2.20. The summed E-state index contributed by atoms with van der Waals surface area (Å²) in [6, 6.07) is 0.180. The largest absolute Gasteiger partial charge is 0.389 e. The number of amides is 1. The smallest absolute Gasteiger partial charge is 0.221 e. The molecular formula is C10H18N2O3. The average Bonchev–Trinajstić information content (AvgIpc) is 2.41. The van der Waals surface area contributed by atoms with Crippen LogP contribution in [0.15, 0.2) is 0 Å². The van der Waals surface area contributed by atoms with Gasteiger partial charge in [0.05, 0.1) is 12.2 Å². The van der Waals surface area contributed by atoms with Gasteiger partial charge < -0.3 is 15.5 Å². The summed E-state index contributed by atoms with van der Waals surface area (Å²) in [7, 11) is 0. The Morgan fingerprint density at radius 2 is 1.93 bits per heavy atom. The summed E-state index contributed by atoms with van der Waals surface area (Å²) in [5.41, 5.74) is 0. The normalized spacial score (nSPS) is 38.8.